The normalized spacial score (nSPS) is 15.3. The average Bonchev–Trinajstić information content (AvgIpc) is 2.91. The molecule has 2 heterocycles. The first-order valence-corrected chi connectivity index (χ1v) is 9.33. The van der Waals surface area contributed by atoms with Crippen molar-refractivity contribution in [2.45, 2.75) is 9.79 Å². The molecule has 0 saturated carbocycles. The molecule has 162 valence electrons. The molecule has 15 heteroatoms. The van der Waals surface area contributed by atoms with Crippen molar-refractivity contribution in [1.82, 2.24) is 0 Å². The van der Waals surface area contributed by atoms with Gasteiger partial charge in [-0.15, -0.1) is 0 Å². The van der Waals surface area contributed by atoms with Crippen molar-refractivity contribution in [3.8, 4) is 0 Å². The minimum absolute atomic E-state index is 0. The van der Waals surface area contributed by atoms with E-state index in [-0.39, 0.29) is 59.9 Å². The number of carbonyl (C=O) groups excluding carboxylic acids is 2. The van der Waals surface area contributed by atoms with Crippen LogP contribution in [0, 0.1) is 0 Å². The summed E-state index contributed by atoms with van der Waals surface area (Å²) in [4.78, 5) is 21.9. The first-order valence-electron chi connectivity index (χ1n) is 6.45. The van der Waals surface area contributed by atoms with Crippen LogP contribution < -0.4 is 0 Å². The minimum Gasteiger partial charge on any atom is -0.537 e. The van der Waals surface area contributed by atoms with Crippen molar-refractivity contribution in [2.24, 2.45) is 0 Å². The van der Waals surface area contributed by atoms with E-state index in [1.165, 1.54) is 24.3 Å². The average molecular weight is 496 g/mol. The Morgan fingerprint density at radius 1 is 0.552 bits per heavy atom. The van der Waals surface area contributed by atoms with E-state index >= 15 is 0 Å². The number of carbonyl (C=O) groups is 2. The summed E-state index contributed by atoms with van der Waals surface area (Å²) in [5.74, 6) is -1.35. The van der Waals surface area contributed by atoms with E-state index in [4.69, 9.17) is 0 Å². The summed E-state index contributed by atoms with van der Waals surface area (Å²) in [5.41, 5.74) is 0.329. The second kappa shape index (κ2) is 11.0. The number of hydrogen-bond donors (Lipinski definition) is 0. The summed E-state index contributed by atoms with van der Waals surface area (Å²) in [6, 6.07) is 12.0. The predicted octanol–water partition coefficient (Wildman–Crippen LogP) is -1.88. The van der Waals surface area contributed by atoms with Gasteiger partial charge in [0.15, 0.2) is 0 Å². The van der Waals surface area contributed by atoms with Crippen molar-refractivity contribution >= 4 is 31.9 Å². The van der Waals surface area contributed by atoms with Crippen LogP contribution in [0.1, 0.15) is 20.7 Å². The van der Waals surface area contributed by atoms with Gasteiger partial charge in [-0.2, -0.15) is 0 Å². The third-order valence-electron chi connectivity index (χ3n) is 3.20. The molecule has 0 fully saturated rings. The van der Waals surface area contributed by atoms with Gasteiger partial charge in [-0.25, -0.2) is 16.8 Å². The second-order valence-corrected chi connectivity index (χ2v) is 7.88. The molecular formula is C14H20FeN2O10S2+4. The molecule has 0 saturated heterocycles. The fourth-order valence-electron chi connectivity index (χ4n) is 2.15. The molecule has 4 rings (SSSR count). The zero-order chi connectivity index (χ0) is 17.5. The maximum absolute atomic E-state index is 11.1. The van der Waals surface area contributed by atoms with Gasteiger partial charge in [0.2, 0.25) is 0 Å². The zero-order valence-electron chi connectivity index (χ0n) is 14.4. The number of hydrogen-bond acceptors (Lipinski definition) is 6. The first kappa shape index (κ1) is 31.3. The molecule has 2 aromatic rings. The van der Waals surface area contributed by atoms with Crippen LogP contribution in [-0.2, 0) is 59.0 Å². The molecule has 2 aliphatic heterocycles. The molecule has 12 nitrogen and oxygen atoms in total. The standard InChI is InChI=1S/2C7H5NO3S.Fe.4H2O/c2*9-7-5-3-1-2-4-6(5)12(10,11)8-7;;;;;/h2*1-4H,(H,8,9);;4*1H2/q;;+2;;;;/p+2. The smallest absolute Gasteiger partial charge is 0.537 e. The van der Waals surface area contributed by atoms with Gasteiger partial charge in [0.1, 0.15) is 20.0 Å². The Morgan fingerprint density at radius 2 is 0.828 bits per heavy atom. The number of nitrogens with zero attached hydrogens (tertiary/aromatic N) is 2. The SMILES string of the molecule is O=C1[N-]S(=O)(=O)c2ccccc21.O=C1[N-]S(=O)(=O)c2ccccc21.[Fe+2].[OH3+].[OH3+].[OH3+].[OH3+]. The summed E-state index contributed by atoms with van der Waals surface area (Å²) >= 11 is 0. The van der Waals surface area contributed by atoms with Crippen LogP contribution in [0.15, 0.2) is 58.3 Å². The van der Waals surface area contributed by atoms with Gasteiger partial charge < -0.3 is 40.9 Å². The van der Waals surface area contributed by atoms with Crippen LogP contribution in [0.25, 0.3) is 9.44 Å². The maximum atomic E-state index is 11.1. The van der Waals surface area contributed by atoms with Crippen LogP contribution in [0.5, 0.6) is 0 Å². The topological polar surface area (TPSA) is 263 Å². The Kier molecular flexibility index (Phi) is 11.9. The molecule has 0 radical (unpaired) electrons. The summed E-state index contributed by atoms with van der Waals surface area (Å²) < 4.78 is 50.3. The predicted molar refractivity (Wildman–Crippen MR) is 102 cm³/mol. The quantitative estimate of drug-likeness (QED) is 0.297. The molecule has 0 unspecified atom stereocenters. The van der Waals surface area contributed by atoms with E-state index in [1.807, 2.05) is 0 Å². The van der Waals surface area contributed by atoms with Gasteiger partial charge >= 0.3 is 17.1 Å². The number of fused-ring (bicyclic) bond motifs is 2. The van der Waals surface area contributed by atoms with Gasteiger partial charge in [0, 0.05) is 11.1 Å². The fourth-order valence-corrected chi connectivity index (χ4v) is 4.35. The number of benzene rings is 2. The van der Waals surface area contributed by atoms with Crippen molar-refractivity contribution in [1.29, 1.82) is 0 Å². The van der Waals surface area contributed by atoms with Gasteiger partial charge in [-0.05, 0) is 12.1 Å². The van der Waals surface area contributed by atoms with E-state index in [2.05, 4.69) is 9.44 Å². The third-order valence-corrected chi connectivity index (χ3v) is 5.83. The number of sulfonamides is 2. The summed E-state index contributed by atoms with van der Waals surface area (Å²) in [6.45, 7) is 0. The molecule has 0 aliphatic carbocycles. The van der Waals surface area contributed by atoms with E-state index < -0.39 is 31.9 Å². The molecule has 2 aliphatic rings. The van der Waals surface area contributed by atoms with Crippen LogP contribution in [0.4, 0.5) is 0 Å². The summed E-state index contributed by atoms with van der Waals surface area (Å²) in [6.07, 6.45) is 0. The second-order valence-electron chi connectivity index (χ2n) is 4.74. The van der Waals surface area contributed by atoms with Gasteiger partial charge in [0.25, 0.3) is 0 Å². The number of amides is 2. The van der Waals surface area contributed by atoms with Crippen LogP contribution in [0.3, 0.4) is 0 Å². The van der Waals surface area contributed by atoms with Crippen molar-refractivity contribution in [2.75, 3.05) is 0 Å². The molecule has 12 N–H and O–H groups in total. The van der Waals surface area contributed by atoms with E-state index in [0.717, 1.165) is 0 Å². The first-order chi connectivity index (χ1) is 11.2. The monoisotopic (exact) mass is 496 g/mol. The van der Waals surface area contributed by atoms with Gasteiger partial charge in [-0.1, -0.05) is 36.4 Å². The fraction of sp³-hybridized carbons (Fsp3) is 0. The van der Waals surface area contributed by atoms with Crippen molar-refractivity contribution in [3.05, 3.63) is 69.1 Å². The van der Waals surface area contributed by atoms with E-state index in [1.54, 1.807) is 24.3 Å². The Bertz CT molecular complexity index is 1000. The Hall–Kier alpha value is -2.36. The van der Waals surface area contributed by atoms with Crippen molar-refractivity contribution in [3.63, 3.8) is 0 Å². The van der Waals surface area contributed by atoms with Crippen molar-refractivity contribution < 1.29 is 65.4 Å². The molecule has 0 atom stereocenters. The Morgan fingerprint density at radius 3 is 1.10 bits per heavy atom. The van der Waals surface area contributed by atoms with E-state index in [0.29, 0.717) is 0 Å². The number of rotatable bonds is 0. The molecule has 0 aromatic heterocycles. The summed E-state index contributed by atoms with van der Waals surface area (Å²) in [5, 5.41) is 0. The zero-order valence-corrected chi connectivity index (χ0v) is 17.2. The van der Waals surface area contributed by atoms with Gasteiger partial charge in [0.05, 0.1) is 21.6 Å². The molecule has 2 amide bonds. The molecule has 0 bridgehead atoms. The molecule has 0 spiro atoms. The molecule has 2 aromatic carbocycles. The van der Waals surface area contributed by atoms with E-state index in [9.17, 15) is 26.4 Å². The molecule has 29 heavy (non-hydrogen) atoms. The van der Waals surface area contributed by atoms with Gasteiger partial charge in [-0.3, -0.25) is 0 Å². The summed E-state index contributed by atoms with van der Waals surface area (Å²) in [7, 11) is -7.36. The van der Waals surface area contributed by atoms with Crippen LogP contribution >= 0.6 is 0 Å². The molecular weight excluding hydrogens is 476 g/mol. The largest absolute Gasteiger partial charge is 2.00 e. The third kappa shape index (κ3) is 5.81. The Balaban J connectivity index is -0.000000398. The van der Waals surface area contributed by atoms with Crippen LogP contribution in [0.2, 0.25) is 0 Å². The minimum atomic E-state index is -3.68. The van der Waals surface area contributed by atoms with Crippen LogP contribution in [-0.4, -0.2) is 28.6 Å². The Labute approximate surface area is 176 Å². The maximum Gasteiger partial charge on any atom is 2.00 e.